The number of aromatic nitrogens is 2. The summed E-state index contributed by atoms with van der Waals surface area (Å²) in [6.07, 6.45) is 6.66. The number of rotatable bonds is 8. The van der Waals surface area contributed by atoms with Crippen LogP contribution in [0.4, 0.5) is 5.69 Å². The largest absolute Gasteiger partial charge is 0.381 e. The van der Waals surface area contributed by atoms with E-state index in [1.807, 2.05) is 10.9 Å². The Morgan fingerprint density at radius 3 is 2.79 bits per heavy atom. The van der Waals surface area contributed by atoms with E-state index >= 15 is 0 Å². The van der Waals surface area contributed by atoms with Crippen molar-refractivity contribution in [2.24, 2.45) is 0 Å². The predicted octanol–water partition coefficient (Wildman–Crippen LogP) is 1.81. The van der Waals surface area contributed by atoms with Crippen LogP contribution in [0.15, 0.2) is 12.4 Å². The van der Waals surface area contributed by atoms with Crippen molar-refractivity contribution in [1.82, 2.24) is 14.7 Å². The summed E-state index contributed by atoms with van der Waals surface area (Å²) in [5.41, 5.74) is 1.12. The molecule has 0 bridgehead atoms. The minimum Gasteiger partial charge on any atom is -0.381 e. The number of hydrogen-bond acceptors (Lipinski definition) is 4. The Hall–Kier alpha value is -1.07. The standard InChI is InChI=1S/C14H26N4O/c1-4-17(5-2)6-7-18-11-13(10-15-18)16-12-8-14(9-12)19-3/h10-12,14,16H,4-9H2,1-3H3. The van der Waals surface area contributed by atoms with E-state index in [4.69, 9.17) is 4.74 Å². The Morgan fingerprint density at radius 2 is 2.16 bits per heavy atom. The molecule has 2 rings (SSSR count). The highest BCUT2D eigenvalue weighted by Gasteiger charge is 2.28. The second-order valence-corrected chi connectivity index (χ2v) is 5.19. The van der Waals surface area contributed by atoms with Crippen molar-refractivity contribution < 1.29 is 4.74 Å². The molecule has 0 atom stereocenters. The van der Waals surface area contributed by atoms with E-state index < -0.39 is 0 Å². The summed E-state index contributed by atoms with van der Waals surface area (Å²) in [4.78, 5) is 2.41. The first-order valence-corrected chi connectivity index (χ1v) is 7.29. The summed E-state index contributed by atoms with van der Waals surface area (Å²) in [5, 5.41) is 7.91. The fraction of sp³-hybridized carbons (Fsp3) is 0.786. The SMILES string of the molecule is CCN(CC)CCn1cc(NC2CC(OC)C2)cn1. The van der Waals surface area contributed by atoms with Crippen LogP contribution in [0.1, 0.15) is 26.7 Å². The van der Waals surface area contributed by atoms with Gasteiger partial charge in [0, 0.05) is 25.9 Å². The smallest absolute Gasteiger partial charge is 0.0728 e. The van der Waals surface area contributed by atoms with Crippen LogP contribution in [0.3, 0.4) is 0 Å². The molecule has 1 aliphatic carbocycles. The lowest BCUT2D eigenvalue weighted by molar-refractivity contribution is 0.0329. The molecule has 0 aromatic carbocycles. The number of hydrogen-bond donors (Lipinski definition) is 1. The van der Waals surface area contributed by atoms with Gasteiger partial charge in [-0.3, -0.25) is 4.68 Å². The van der Waals surface area contributed by atoms with E-state index in [0.717, 1.165) is 44.7 Å². The summed E-state index contributed by atoms with van der Waals surface area (Å²) in [6.45, 7) is 8.61. The molecule has 0 saturated heterocycles. The Labute approximate surface area is 115 Å². The third-order valence-electron chi connectivity index (χ3n) is 3.97. The van der Waals surface area contributed by atoms with Crippen molar-refractivity contribution in [3.05, 3.63) is 12.4 Å². The molecule has 0 unspecified atom stereocenters. The fourth-order valence-electron chi connectivity index (χ4n) is 2.46. The van der Waals surface area contributed by atoms with E-state index in [0.29, 0.717) is 12.1 Å². The van der Waals surface area contributed by atoms with Gasteiger partial charge in [-0.25, -0.2) is 0 Å². The average Bonchev–Trinajstić information content (AvgIpc) is 2.82. The van der Waals surface area contributed by atoms with Gasteiger partial charge in [0.25, 0.3) is 0 Å². The molecule has 0 aliphatic heterocycles. The lowest BCUT2D eigenvalue weighted by atomic mass is 9.89. The molecule has 0 spiro atoms. The van der Waals surface area contributed by atoms with E-state index in [-0.39, 0.29) is 0 Å². The highest BCUT2D eigenvalue weighted by molar-refractivity contribution is 5.40. The lowest BCUT2D eigenvalue weighted by Gasteiger charge is -2.34. The molecule has 1 aliphatic rings. The zero-order valence-electron chi connectivity index (χ0n) is 12.3. The monoisotopic (exact) mass is 266 g/mol. The molecule has 0 amide bonds. The molecule has 1 heterocycles. The predicted molar refractivity (Wildman–Crippen MR) is 77.5 cm³/mol. The highest BCUT2D eigenvalue weighted by Crippen LogP contribution is 2.25. The topological polar surface area (TPSA) is 42.3 Å². The van der Waals surface area contributed by atoms with Crippen LogP contribution in [0, 0.1) is 0 Å². The van der Waals surface area contributed by atoms with Gasteiger partial charge in [-0.1, -0.05) is 13.8 Å². The van der Waals surface area contributed by atoms with Gasteiger partial charge in [-0.15, -0.1) is 0 Å². The first kappa shape index (κ1) is 14.3. The van der Waals surface area contributed by atoms with Gasteiger partial charge in [0.1, 0.15) is 0 Å². The number of ether oxygens (including phenoxy) is 1. The molecule has 19 heavy (non-hydrogen) atoms. The Kier molecular flexibility index (Phi) is 5.22. The molecule has 1 fully saturated rings. The Balaban J connectivity index is 1.73. The lowest BCUT2D eigenvalue weighted by Crippen LogP contribution is -2.40. The number of nitrogens with one attached hydrogen (secondary N) is 1. The quantitative estimate of drug-likeness (QED) is 0.779. The summed E-state index contributed by atoms with van der Waals surface area (Å²) in [6, 6.07) is 0.547. The second kappa shape index (κ2) is 6.91. The summed E-state index contributed by atoms with van der Waals surface area (Å²) < 4.78 is 7.30. The van der Waals surface area contributed by atoms with E-state index in [9.17, 15) is 0 Å². The number of anilines is 1. The van der Waals surface area contributed by atoms with Crippen LogP contribution in [0.5, 0.6) is 0 Å². The van der Waals surface area contributed by atoms with Gasteiger partial charge in [-0.05, 0) is 25.9 Å². The van der Waals surface area contributed by atoms with Crippen LogP contribution in [-0.4, -0.2) is 53.6 Å². The highest BCUT2D eigenvalue weighted by atomic mass is 16.5. The molecular weight excluding hydrogens is 240 g/mol. The summed E-state index contributed by atoms with van der Waals surface area (Å²) in [5.74, 6) is 0. The van der Waals surface area contributed by atoms with Crippen molar-refractivity contribution >= 4 is 5.69 Å². The van der Waals surface area contributed by atoms with Crippen LogP contribution in [-0.2, 0) is 11.3 Å². The second-order valence-electron chi connectivity index (χ2n) is 5.19. The van der Waals surface area contributed by atoms with Crippen LogP contribution in [0.25, 0.3) is 0 Å². The molecule has 0 radical (unpaired) electrons. The first-order valence-electron chi connectivity index (χ1n) is 7.29. The molecule has 108 valence electrons. The van der Waals surface area contributed by atoms with Crippen molar-refractivity contribution in [3.8, 4) is 0 Å². The third-order valence-corrected chi connectivity index (χ3v) is 3.97. The Morgan fingerprint density at radius 1 is 1.42 bits per heavy atom. The number of nitrogens with zero attached hydrogens (tertiary/aromatic N) is 3. The van der Waals surface area contributed by atoms with Gasteiger partial charge in [0.15, 0.2) is 0 Å². The maximum atomic E-state index is 5.28. The molecule has 1 N–H and O–H groups in total. The normalized spacial score (nSPS) is 22.5. The number of methoxy groups -OCH3 is 1. The fourth-order valence-corrected chi connectivity index (χ4v) is 2.46. The minimum absolute atomic E-state index is 0.440. The van der Waals surface area contributed by atoms with Gasteiger partial charge >= 0.3 is 0 Å². The first-order chi connectivity index (χ1) is 9.25. The molecular formula is C14H26N4O. The number of likely N-dealkylation sites (N-methyl/N-ethyl adjacent to an activating group) is 1. The molecule has 5 nitrogen and oxygen atoms in total. The third kappa shape index (κ3) is 3.94. The Bertz CT molecular complexity index is 369. The maximum Gasteiger partial charge on any atom is 0.0728 e. The molecule has 1 saturated carbocycles. The van der Waals surface area contributed by atoms with Gasteiger partial charge in [0.2, 0.25) is 0 Å². The summed E-state index contributed by atoms with van der Waals surface area (Å²) in [7, 11) is 1.78. The van der Waals surface area contributed by atoms with Crippen LogP contribution >= 0.6 is 0 Å². The molecule has 1 aromatic rings. The van der Waals surface area contributed by atoms with Crippen molar-refractivity contribution in [1.29, 1.82) is 0 Å². The van der Waals surface area contributed by atoms with Crippen molar-refractivity contribution in [2.75, 3.05) is 32.1 Å². The van der Waals surface area contributed by atoms with E-state index in [2.05, 4.69) is 35.4 Å². The van der Waals surface area contributed by atoms with Gasteiger partial charge < -0.3 is 15.0 Å². The minimum atomic E-state index is 0.440. The van der Waals surface area contributed by atoms with Gasteiger partial charge in [-0.2, -0.15) is 5.10 Å². The molecule has 1 aromatic heterocycles. The van der Waals surface area contributed by atoms with E-state index in [1.165, 1.54) is 0 Å². The summed E-state index contributed by atoms with van der Waals surface area (Å²) >= 11 is 0. The van der Waals surface area contributed by atoms with Crippen LogP contribution in [0.2, 0.25) is 0 Å². The van der Waals surface area contributed by atoms with Gasteiger partial charge in [0.05, 0.1) is 24.5 Å². The zero-order valence-corrected chi connectivity index (χ0v) is 12.3. The van der Waals surface area contributed by atoms with Crippen molar-refractivity contribution in [2.45, 2.75) is 45.4 Å². The van der Waals surface area contributed by atoms with Crippen molar-refractivity contribution in [3.63, 3.8) is 0 Å². The van der Waals surface area contributed by atoms with Crippen LogP contribution < -0.4 is 5.32 Å². The average molecular weight is 266 g/mol. The zero-order chi connectivity index (χ0) is 13.7. The maximum absolute atomic E-state index is 5.28. The molecule has 5 heteroatoms. The van der Waals surface area contributed by atoms with E-state index in [1.54, 1.807) is 7.11 Å².